The molecule has 3 heterocycles. The lowest BCUT2D eigenvalue weighted by molar-refractivity contribution is 0.103. The standard InChI is InChI=1S/C23H27F2N5O2/c1-32-10-2-9-26-22-19-18(12-27-23(19)29-13-28-22)20(31)17-8-7-16(30-21(17)25)11-14-3-5-15(24)6-4-14/h7-8,12-15H,2-6,9-11H2,1H3,(H2,26,27,28,29). The molecule has 0 aromatic carbocycles. The minimum atomic E-state index is -0.799. The highest BCUT2D eigenvalue weighted by atomic mass is 19.1. The highest BCUT2D eigenvalue weighted by molar-refractivity contribution is 6.17. The first kappa shape index (κ1) is 22.3. The maximum Gasteiger partial charge on any atom is 0.224 e. The number of nitrogens with one attached hydrogen (secondary N) is 2. The number of ketones is 1. The second-order valence-electron chi connectivity index (χ2n) is 8.21. The third-order valence-electron chi connectivity index (χ3n) is 5.96. The molecule has 3 aromatic rings. The van der Waals surface area contributed by atoms with Crippen LogP contribution in [0.4, 0.5) is 14.6 Å². The molecule has 1 aliphatic carbocycles. The number of H-pyrrole nitrogens is 1. The highest BCUT2D eigenvalue weighted by Gasteiger charge is 2.24. The Hall–Kier alpha value is -2.94. The number of methoxy groups -OCH3 is 1. The zero-order valence-electron chi connectivity index (χ0n) is 18.0. The largest absolute Gasteiger partial charge is 0.385 e. The van der Waals surface area contributed by atoms with Crippen molar-refractivity contribution < 1.29 is 18.3 Å². The van der Waals surface area contributed by atoms with Crippen LogP contribution in [0.1, 0.15) is 53.7 Å². The Bertz CT molecular complexity index is 1080. The fourth-order valence-corrected chi connectivity index (χ4v) is 4.22. The number of alkyl halides is 1. The molecule has 1 aliphatic rings. The zero-order valence-corrected chi connectivity index (χ0v) is 18.0. The molecule has 9 heteroatoms. The van der Waals surface area contributed by atoms with E-state index in [2.05, 4.69) is 25.3 Å². The summed E-state index contributed by atoms with van der Waals surface area (Å²) < 4.78 is 33.2. The van der Waals surface area contributed by atoms with Crippen LogP contribution in [0.3, 0.4) is 0 Å². The van der Waals surface area contributed by atoms with Crippen LogP contribution in [-0.2, 0) is 11.2 Å². The molecule has 0 saturated heterocycles. The summed E-state index contributed by atoms with van der Waals surface area (Å²) in [4.78, 5) is 28.6. The number of aromatic nitrogens is 4. The first-order valence-electron chi connectivity index (χ1n) is 11.0. The van der Waals surface area contributed by atoms with Crippen molar-refractivity contribution in [3.05, 3.63) is 47.4 Å². The van der Waals surface area contributed by atoms with Crippen LogP contribution >= 0.6 is 0 Å². The Morgan fingerprint density at radius 2 is 2.03 bits per heavy atom. The van der Waals surface area contributed by atoms with Crippen molar-refractivity contribution in [2.75, 3.05) is 25.6 Å². The third kappa shape index (κ3) is 4.93. The number of aromatic amines is 1. The Kier molecular flexibility index (Phi) is 7.04. The lowest BCUT2D eigenvalue weighted by atomic mass is 9.85. The summed E-state index contributed by atoms with van der Waals surface area (Å²) >= 11 is 0. The van der Waals surface area contributed by atoms with Crippen LogP contribution in [0, 0.1) is 11.9 Å². The number of fused-ring (bicyclic) bond motifs is 1. The lowest BCUT2D eigenvalue weighted by Gasteiger charge is -2.23. The number of hydrogen-bond acceptors (Lipinski definition) is 6. The number of nitrogens with zero attached hydrogens (tertiary/aromatic N) is 3. The van der Waals surface area contributed by atoms with E-state index in [-0.39, 0.29) is 11.1 Å². The molecule has 0 amide bonds. The molecule has 32 heavy (non-hydrogen) atoms. The molecule has 4 rings (SSSR count). The van der Waals surface area contributed by atoms with Gasteiger partial charge in [0.25, 0.3) is 0 Å². The fourth-order valence-electron chi connectivity index (χ4n) is 4.22. The summed E-state index contributed by atoms with van der Waals surface area (Å²) in [5.41, 5.74) is 1.26. The third-order valence-corrected chi connectivity index (χ3v) is 5.96. The average molecular weight is 443 g/mol. The Morgan fingerprint density at radius 1 is 1.22 bits per heavy atom. The highest BCUT2D eigenvalue weighted by Crippen LogP contribution is 2.29. The van der Waals surface area contributed by atoms with Gasteiger partial charge in [-0.05, 0) is 56.6 Å². The van der Waals surface area contributed by atoms with Gasteiger partial charge < -0.3 is 15.0 Å². The molecular formula is C23H27F2N5O2. The first-order chi connectivity index (χ1) is 15.6. The topological polar surface area (TPSA) is 92.8 Å². The molecule has 1 saturated carbocycles. The lowest BCUT2D eigenvalue weighted by Crippen LogP contribution is -2.17. The number of pyridine rings is 1. The maximum absolute atomic E-state index is 14.8. The van der Waals surface area contributed by atoms with Crippen molar-refractivity contribution in [2.45, 2.75) is 44.7 Å². The van der Waals surface area contributed by atoms with Crippen molar-refractivity contribution in [1.29, 1.82) is 0 Å². The van der Waals surface area contributed by atoms with Gasteiger partial charge in [-0.2, -0.15) is 4.39 Å². The van der Waals surface area contributed by atoms with Gasteiger partial charge in [0.05, 0.1) is 16.5 Å². The second kappa shape index (κ2) is 10.1. The Balaban J connectivity index is 1.53. The van der Waals surface area contributed by atoms with E-state index in [0.29, 0.717) is 60.9 Å². The SMILES string of the molecule is COCCCNc1ncnc2[nH]cc(C(=O)c3ccc(CC4CCC(F)CC4)nc3F)c12. The van der Waals surface area contributed by atoms with E-state index in [9.17, 15) is 13.6 Å². The van der Waals surface area contributed by atoms with Crippen LogP contribution in [0.2, 0.25) is 0 Å². The van der Waals surface area contributed by atoms with Crippen LogP contribution in [0.5, 0.6) is 0 Å². The average Bonchev–Trinajstić information content (AvgIpc) is 3.23. The van der Waals surface area contributed by atoms with Crippen LogP contribution in [0.15, 0.2) is 24.7 Å². The van der Waals surface area contributed by atoms with Crippen molar-refractivity contribution in [1.82, 2.24) is 19.9 Å². The molecular weight excluding hydrogens is 416 g/mol. The number of carbonyl (C=O) groups excluding carboxylic acids is 1. The molecule has 0 radical (unpaired) electrons. The number of anilines is 1. The van der Waals surface area contributed by atoms with Crippen molar-refractivity contribution in [2.24, 2.45) is 5.92 Å². The predicted molar refractivity (Wildman–Crippen MR) is 117 cm³/mol. The van der Waals surface area contributed by atoms with Gasteiger partial charge in [-0.25, -0.2) is 19.3 Å². The smallest absolute Gasteiger partial charge is 0.224 e. The predicted octanol–water partition coefficient (Wildman–Crippen LogP) is 4.24. The molecule has 0 spiro atoms. The normalized spacial score (nSPS) is 18.7. The van der Waals surface area contributed by atoms with Gasteiger partial charge in [0.1, 0.15) is 24.0 Å². The molecule has 0 bridgehead atoms. The Morgan fingerprint density at radius 3 is 2.78 bits per heavy atom. The number of carbonyl (C=O) groups is 1. The van der Waals surface area contributed by atoms with Gasteiger partial charge >= 0.3 is 0 Å². The van der Waals surface area contributed by atoms with Gasteiger partial charge in [-0.3, -0.25) is 4.79 Å². The summed E-state index contributed by atoms with van der Waals surface area (Å²) in [6.45, 7) is 1.20. The summed E-state index contributed by atoms with van der Waals surface area (Å²) in [6, 6.07) is 3.17. The van der Waals surface area contributed by atoms with E-state index in [0.717, 1.165) is 19.3 Å². The van der Waals surface area contributed by atoms with E-state index >= 15 is 0 Å². The molecule has 0 aliphatic heterocycles. The molecule has 2 N–H and O–H groups in total. The van der Waals surface area contributed by atoms with Crippen LogP contribution in [0.25, 0.3) is 11.0 Å². The van der Waals surface area contributed by atoms with Gasteiger partial charge in [0, 0.05) is 32.2 Å². The van der Waals surface area contributed by atoms with E-state index < -0.39 is 17.9 Å². The van der Waals surface area contributed by atoms with Gasteiger partial charge in [0.15, 0.2) is 5.78 Å². The van der Waals surface area contributed by atoms with Crippen molar-refractivity contribution >= 4 is 22.6 Å². The van der Waals surface area contributed by atoms with E-state index in [1.165, 1.54) is 18.6 Å². The van der Waals surface area contributed by atoms with Crippen LogP contribution in [-0.4, -0.2) is 52.2 Å². The minimum absolute atomic E-state index is 0.101. The summed E-state index contributed by atoms with van der Waals surface area (Å²) in [5.74, 6) is -0.481. The number of halogens is 2. The monoisotopic (exact) mass is 443 g/mol. The zero-order chi connectivity index (χ0) is 22.5. The quantitative estimate of drug-likeness (QED) is 0.292. The van der Waals surface area contributed by atoms with Crippen molar-refractivity contribution in [3.63, 3.8) is 0 Å². The second-order valence-corrected chi connectivity index (χ2v) is 8.21. The maximum atomic E-state index is 14.8. The van der Waals surface area contributed by atoms with Gasteiger partial charge in [-0.15, -0.1) is 0 Å². The van der Waals surface area contributed by atoms with Crippen LogP contribution < -0.4 is 5.32 Å². The Labute approximate surface area is 185 Å². The van der Waals surface area contributed by atoms with Crippen molar-refractivity contribution in [3.8, 4) is 0 Å². The van der Waals surface area contributed by atoms with Gasteiger partial charge in [0.2, 0.25) is 5.95 Å². The first-order valence-corrected chi connectivity index (χ1v) is 11.0. The molecule has 3 aromatic heterocycles. The van der Waals surface area contributed by atoms with E-state index in [4.69, 9.17) is 4.74 Å². The number of ether oxygens (including phenoxy) is 1. The molecule has 170 valence electrons. The summed E-state index contributed by atoms with van der Waals surface area (Å²) in [5, 5.41) is 3.70. The van der Waals surface area contributed by atoms with E-state index in [1.807, 2.05) is 0 Å². The number of rotatable bonds is 9. The minimum Gasteiger partial charge on any atom is -0.385 e. The molecule has 7 nitrogen and oxygen atoms in total. The summed E-state index contributed by atoms with van der Waals surface area (Å²) in [6.07, 6.45) is 6.21. The molecule has 0 unspecified atom stereocenters. The fraction of sp³-hybridized carbons (Fsp3) is 0.478. The van der Waals surface area contributed by atoms with E-state index in [1.54, 1.807) is 13.2 Å². The summed E-state index contributed by atoms with van der Waals surface area (Å²) in [7, 11) is 1.63. The molecule has 1 fully saturated rings. The van der Waals surface area contributed by atoms with Gasteiger partial charge in [-0.1, -0.05) is 0 Å². The molecule has 0 atom stereocenters. The number of hydrogen-bond donors (Lipinski definition) is 2.